The van der Waals surface area contributed by atoms with Gasteiger partial charge in [-0.3, -0.25) is 4.90 Å². The van der Waals surface area contributed by atoms with E-state index < -0.39 is 0 Å². The fraction of sp³-hybridized carbons (Fsp3) is 0.833. The monoisotopic (exact) mass is 236 g/mol. The molecule has 2 heterocycles. The van der Waals surface area contributed by atoms with Crippen LogP contribution in [-0.2, 0) is 6.54 Å². The van der Waals surface area contributed by atoms with Gasteiger partial charge < -0.3 is 10.3 Å². The molecule has 2 fully saturated rings. The molecule has 1 aromatic rings. The zero-order valence-corrected chi connectivity index (χ0v) is 10.3. The van der Waals surface area contributed by atoms with E-state index in [4.69, 9.17) is 10.3 Å². The number of nitrogens with two attached hydrogens (primary N) is 1. The van der Waals surface area contributed by atoms with Crippen molar-refractivity contribution >= 4 is 0 Å². The van der Waals surface area contributed by atoms with Gasteiger partial charge in [-0.1, -0.05) is 12.1 Å². The molecule has 0 amide bonds. The average Bonchev–Trinajstić information content (AvgIpc) is 3.06. The topological polar surface area (TPSA) is 68.2 Å². The molecule has 17 heavy (non-hydrogen) atoms. The van der Waals surface area contributed by atoms with Gasteiger partial charge in [-0.25, -0.2) is 0 Å². The first kappa shape index (κ1) is 11.2. The zero-order chi connectivity index (χ0) is 11.8. The highest BCUT2D eigenvalue weighted by Crippen LogP contribution is 2.38. The predicted octanol–water partition coefficient (Wildman–Crippen LogP) is 1.12. The zero-order valence-electron chi connectivity index (χ0n) is 10.3. The van der Waals surface area contributed by atoms with E-state index in [0.29, 0.717) is 11.8 Å². The number of piperidine rings is 1. The first-order valence-electron chi connectivity index (χ1n) is 6.53. The molecule has 2 N–H and O–H groups in total. The quantitative estimate of drug-likeness (QED) is 0.851. The van der Waals surface area contributed by atoms with Gasteiger partial charge in [0.25, 0.3) is 0 Å². The summed E-state index contributed by atoms with van der Waals surface area (Å²) in [5, 5.41) is 4.05. The second-order valence-electron chi connectivity index (χ2n) is 5.49. The maximum absolute atomic E-state index is 6.08. The molecule has 2 atom stereocenters. The fourth-order valence-corrected chi connectivity index (χ4v) is 2.34. The standard InChI is InChI=1S/C12H20N4O/c1-8-4-5-16(6-10(8)13)7-11-14-12(17-15-11)9-2-3-9/h8-10H,2-7,13H2,1H3. The lowest BCUT2D eigenvalue weighted by molar-refractivity contribution is 0.157. The average molecular weight is 236 g/mol. The summed E-state index contributed by atoms with van der Waals surface area (Å²) >= 11 is 0. The smallest absolute Gasteiger partial charge is 0.229 e. The van der Waals surface area contributed by atoms with E-state index in [1.54, 1.807) is 0 Å². The number of likely N-dealkylation sites (tertiary alicyclic amines) is 1. The summed E-state index contributed by atoms with van der Waals surface area (Å²) in [5.41, 5.74) is 6.08. The van der Waals surface area contributed by atoms with E-state index in [0.717, 1.165) is 37.8 Å². The lowest BCUT2D eigenvalue weighted by atomic mass is 9.94. The van der Waals surface area contributed by atoms with Crippen molar-refractivity contribution in [3.63, 3.8) is 0 Å². The number of aromatic nitrogens is 2. The third-order valence-electron chi connectivity index (χ3n) is 3.88. The molecular weight excluding hydrogens is 216 g/mol. The first-order valence-corrected chi connectivity index (χ1v) is 6.53. The molecule has 2 aliphatic rings. The Labute approximate surface area is 101 Å². The molecule has 1 saturated heterocycles. The summed E-state index contributed by atoms with van der Waals surface area (Å²) in [6.07, 6.45) is 3.57. The van der Waals surface area contributed by atoms with Crippen LogP contribution in [-0.4, -0.2) is 34.2 Å². The van der Waals surface area contributed by atoms with E-state index in [1.165, 1.54) is 12.8 Å². The van der Waals surface area contributed by atoms with Crippen LogP contribution in [0.3, 0.4) is 0 Å². The van der Waals surface area contributed by atoms with E-state index in [9.17, 15) is 0 Å². The van der Waals surface area contributed by atoms with Crippen molar-refractivity contribution in [2.75, 3.05) is 13.1 Å². The third kappa shape index (κ3) is 2.50. The van der Waals surface area contributed by atoms with Crippen molar-refractivity contribution in [1.29, 1.82) is 0 Å². The van der Waals surface area contributed by atoms with Gasteiger partial charge in [-0.05, 0) is 31.7 Å². The van der Waals surface area contributed by atoms with Crippen LogP contribution in [0.4, 0.5) is 0 Å². The summed E-state index contributed by atoms with van der Waals surface area (Å²) in [5.74, 6) is 2.81. The van der Waals surface area contributed by atoms with Crippen LogP contribution in [0.2, 0.25) is 0 Å². The molecule has 0 radical (unpaired) electrons. The Morgan fingerprint density at radius 2 is 2.24 bits per heavy atom. The Balaban J connectivity index is 1.58. The van der Waals surface area contributed by atoms with Gasteiger partial charge in [0.05, 0.1) is 6.54 Å². The summed E-state index contributed by atoms with van der Waals surface area (Å²) in [6, 6.07) is 0.276. The minimum Gasteiger partial charge on any atom is -0.339 e. The summed E-state index contributed by atoms with van der Waals surface area (Å²) in [7, 11) is 0. The van der Waals surface area contributed by atoms with Crippen LogP contribution in [0.25, 0.3) is 0 Å². The van der Waals surface area contributed by atoms with Gasteiger partial charge in [-0.2, -0.15) is 4.98 Å². The van der Waals surface area contributed by atoms with Crippen LogP contribution in [0.15, 0.2) is 4.52 Å². The van der Waals surface area contributed by atoms with Gasteiger partial charge >= 0.3 is 0 Å². The molecule has 1 aromatic heterocycles. The normalized spacial score (nSPS) is 30.7. The van der Waals surface area contributed by atoms with E-state index in [1.807, 2.05) is 0 Å². The van der Waals surface area contributed by atoms with Gasteiger partial charge in [0.1, 0.15) is 0 Å². The highest BCUT2D eigenvalue weighted by atomic mass is 16.5. The minimum absolute atomic E-state index is 0.276. The lowest BCUT2D eigenvalue weighted by Gasteiger charge is -2.34. The molecule has 0 bridgehead atoms. The second-order valence-corrected chi connectivity index (χ2v) is 5.49. The van der Waals surface area contributed by atoms with Gasteiger partial charge in [0.2, 0.25) is 5.89 Å². The van der Waals surface area contributed by atoms with Gasteiger partial charge in [0.15, 0.2) is 5.82 Å². The van der Waals surface area contributed by atoms with E-state index in [2.05, 4.69) is 22.0 Å². The molecular formula is C12H20N4O. The molecule has 2 unspecified atom stereocenters. The summed E-state index contributed by atoms with van der Waals surface area (Å²) in [4.78, 5) is 6.78. The van der Waals surface area contributed by atoms with Crippen LogP contribution >= 0.6 is 0 Å². The number of hydrogen-bond acceptors (Lipinski definition) is 5. The van der Waals surface area contributed by atoms with Crippen LogP contribution in [0.5, 0.6) is 0 Å². The summed E-state index contributed by atoms with van der Waals surface area (Å²) in [6.45, 7) is 5.02. The first-order chi connectivity index (χ1) is 8.22. The van der Waals surface area contributed by atoms with Crippen molar-refractivity contribution in [1.82, 2.24) is 15.0 Å². The number of hydrogen-bond donors (Lipinski definition) is 1. The highest BCUT2D eigenvalue weighted by molar-refractivity contribution is 5.01. The molecule has 5 heteroatoms. The van der Waals surface area contributed by atoms with Crippen molar-refractivity contribution in [2.45, 2.75) is 44.7 Å². The molecule has 3 rings (SSSR count). The maximum atomic E-state index is 6.08. The Bertz CT molecular complexity index is 388. The largest absolute Gasteiger partial charge is 0.339 e. The maximum Gasteiger partial charge on any atom is 0.229 e. The Kier molecular flexibility index (Phi) is 2.88. The number of rotatable bonds is 3. The molecule has 1 aliphatic carbocycles. The van der Waals surface area contributed by atoms with Crippen LogP contribution in [0, 0.1) is 5.92 Å². The molecule has 5 nitrogen and oxygen atoms in total. The predicted molar refractivity (Wildman–Crippen MR) is 63.3 cm³/mol. The number of nitrogens with zero attached hydrogens (tertiary/aromatic N) is 3. The van der Waals surface area contributed by atoms with E-state index >= 15 is 0 Å². The highest BCUT2D eigenvalue weighted by Gasteiger charge is 2.30. The fourth-order valence-electron chi connectivity index (χ4n) is 2.34. The van der Waals surface area contributed by atoms with Crippen LogP contribution in [0.1, 0.15) is 43.8 Å². The van der Waals surface area contributed by atoms with E-state index in [-0.39, 0.29) is 6.04 Å². The molecule has 0 spiro atoms. The lowest BCUT2D eigenvalue weighted by Crippen LogP contribution is -2.47. The Hall–Kier alpha value is -0.940. The third-order valence-corrected chi connectivity index (χ3v) is 3.88. The van der Waals surface area contributed by atoms with Crippen molar-refractivity contribution in [3.05, 3.63) is 11.7 Å². The molecule has 1 saturated carbocycles. The second kappa shape index (κ2) is 4.38. The van der Waals surface area contributed by atoms with Crippen molar-refractivity contribution in [3.8, 4) is 0 Å². The molecule has 94 valence electrons. The molecule has 0 aromatic carbocycles. The Morgan fingerprint density at radius 1 is 1.41 bits per heavy atom. The van der Waals surface area contributed by atoms with Gasteiger partial charge in [-0.15, -0.1) is 0 Å². The summed E-state index contributed by atoms with van der Waals surface area (Å²) < 4.78 is 5.26. The van der Waals surface area contributed by atoms with Crippen LogP contribution < -0.4 is 5.73 Å². The van der Waals surface area contributed by atoms with Crippen molar-refractivity contribution < 1.29 is 4.52 Å². The minimum atomic E-state index is 0.276. The molecule has 1 aliphatic heterocycles. The Morgan fingerprint density at radius 3 is 2.94 bits per heavy atom. The van der Waals surface area contributed by atoms with Crippen molar-refractivity contribution in [2.24, 2.45) is 11.7 Å². The SMILES string of the molecule is CC1CCN(Cc2noc(C3CC3)n2)CC1N. The van der Waals surface area contributed by atoms with Gasteiger partial charge in [0, 0.05) is 18.5 Å².